The summed E-state index contributed by atoms with van der Waals surface area (Å²) in [4.78, 5) is 13.1. The highest BCUT2D eigenvalue weighted by atomic mass is 16.4. The minimum absolute atomic E-state index is 0.0594. The molecule has 2 N–H and O–H groups in total. The number of carboxylic acids is 1. The van der Waals surface area contributed by atoms with Gasteiger partial charge in [0.25, 0.3) is 0 Å². The Morgan fingerprint density at radius 3 is 2.77 bits per heavy atom. The van der Waals surface area contributed by atoms with Gasteiger partial charge in [0.1, 0.15) is 6.04 Å². The van der Waals surface area contributed by atoms with Gasteiger partial charge in [0, 0.05) is 11.0 Å². The number of hydrogen-bond acceptors (Lipinski definition) is 3. The van der Waals surface area contributed by atoms with E-state index >= 15 is 0 Å². The third-order valence-electron chi connectivity index (χ3n) is 1.72. The maximum atomic E-state index is 10.6. The van der Waals surface area contributed by atoms with Crippen LogP contribution in [0.5, 0.6) is 0 Å². The van der Waals surface area contributed by atoms with Gasteiger partial charge in [0.15, 0.2) is 0 Å². The van der Waals surface area contributed by atoms with Gasteiger partial charge < -0.3 is 10.4 Å². The second kappa shape index (κ2) is 6.28. The lowest BCUT2D eigenvalue weighted by molar-refractivity contribution is -0.139. The molecule has 0 radical (unpaired) electrons. The molecule has 0 aromatic rings. The molecule has 74 valence electrons. The van der Waals surface area contributed by atoms with Crippen molar-refractivity contribution in [1.82, 2.24) is 5.32 Å². The van der Waals surface area contributed by atoms with Crippen LogP contribution in [0.4, 0.5) is 0 Å². The Labute approximate surface area is 76.6 Å². The fourth-order valence-corrected chi connectivity index (χ4v) is 0.782. The summed E-state index contributed by atoms with van der Waals surface area (Å²) in [6.07, 6.45) is 0.833. The van der Waals surface area contributed by atoms with Crippen molar-refractivity contribution in [3.8, 4) is 0 Å². The lowest BCUT2D eigenvalue weighted by Crippen LogP contribution is -2.43. The van der Waals surface area contributed by atoms with Gasteiger partial charge in [-0.05, 0) is 18.9 Å². The van der Waals surface area contributed by atoms with Crippen LogP contribution in [0.3, 0.4) is 0 Å². The first-order valence-corrected chi connectivity index (χ1v) is 4.11. The number of aliphatic carboxylic acids is 1. The Hall–Kier alpha value is -1.26. The van der Waals surface area contributed by atoms with E-state index in [0.717, 1.165) is 6.42 Å². The minimum atomic E-state index is -0.993. The van der Waals surface area contributed by atoms with E-state index in [9.17, 15) is 4.79 Å². The third kappa shape index (κ3) is 5.05. The highest BCUT2D eigenvalue weighted by molar-refractivity contribution is 5.73. The molecule has 0 heterocycles. The summed E-state index contributed by atoms with van der Waals surface area (Å²) in [5, 5.41) is 14.8. The SMILES string of the molecule is CCC(C)NC(CN=[N+]=[N-])C(=O)O. The normalized spacial score (nSPS) is 14.3. The zero-order valence-corrected chi connectivity index (χ0v) is 7.77. The summed E-state index contributed by atoms with van der Waals surface area (Å²) in [6.45, 7) is 3.77. The van der Waals surface area contributed by atoms with Crippen molar-refractivity contribution in [2.75, 3.05) is 6.54 Å². The van der Waals surface area contributed by atoms with Crippen LogP contribution in [0.1, 0.15) is 20.3 Å². The van der Waals surface area contributed by atoms with Gasteiger partial charge in [-0.1, -0.05) is 12.0 Å². The van der Waals surface area contributed by atoms with Crippen molar-refractivity contribution in [1.29, 1.82) is 0 Å². The van der Waals surface area contributed by atoms with Gasteiger partial charge in [-0.25, -0.2) is 0 Å². The monoisotopic (exact) mass is 186 g/mol. The van der Waals surface area contributed by atoms with Crippen molar-refractivity contribution in [2.45, 2.75) is 32.4 Å². The van der Waals surface area contributed by atoms with Crippen LogP contribution < -0.4 is 5.32 Å². The molecule has 2 unspecified atom stereocenters. The third-order valence-corrected chi connectivity index (χ3v) is 1.72. The van der Waals surface area contributed by atoms with E-state index < -0.39 is 12.0 Å². The summed E-state index contributed by atoms with van der Waals surface area (Å²) in [6, 6.07) is -0.680. The first kappa shape index (κ1) is 11.7. The van der Waals surface area contributed by atoms with Gasteiger partial charge in [0.2, 0.25) is 0 Å². The van der Waals surface area contributed by atoms with Gasteiger partial charge in [-0.3, -0.25) is 4.79 Å². The molecule has 0 rings (SSSR count). The molecule has 13 heavy (non-hydrogen) atoms. The molecule has 0 spiro atoms. The molecule has 2 atom stereocenters. The Balaban J connectivity index is 4.09. The van der Waals surface area contributed by atoms with E-state index in [-0.39, 0.29) is 12.6 Å². The first-order chi connectivity index (χ1) is 6.11. The Bertz CT molecular complexity index is 213. The van der Waals surface area contributed by atoms with E-state index in [1.807, 2.05) is 13.8 Å². The number of hydrogen-bond donors (Lipinski definition) is 2. The topological polar surface area (TPSA) is 98.1 Å². The van der Waals surface area contributed by atoms with Crippen molar-refractivity contribution < 1.29 is 9.90 Å². The standard InChI is InChI=1S/C7H14N4O2/c1-3-5(2)10-6(7(12)13)4-9-11-8/h5-6,10H,3-4H2,1-2H3,(H,12,13). The highest BCUT2D eigenvalue weighted by Crippen LogP contribution is 1.94. The lowest BCUT2D eigenvalue weighted by atomic mass is 10.2. The fraction of sp³-hybridized carbons (Fsp3) is 0.857. The van der Waals surface area contributed by atoms with Crippen LogP contribution in [-0.2, 0) is 4.79 Å². The average molecular weight is 186 g/mol. The first-order valence-electron chi connectivity index (χ1n) is 4.11. The molecule has 0 amide bonds. The van der Waals surface area contributed by atoms with Crippen molar-refractivity contribution in [3.63, 3.8) is 0 Å². The van der Waals surface area contributed by atoms with Crippen molar-refractivity contribution in [3.05, 3.63) is 10.4 Å². The Morgan fingerprint density at radius 1 is 1.77 bits per heavy atom. The lowest BCUT2D eigenvalue weighted by Gasteiger charge is -2.16. The molecule has 0 fully saturated rings. The van der Waals surface area contributed by atoms with E-state index in [1.54, 1.807) is 0 Å². The van der Waals surface area contributed by atoms with Crippen LogP contribution in [-0.4, -0.2) is 29.7 Å². The molecule has 0 aromatic carbocycles. The zero-order chi connectivity index (χ0) is 10.3. The second-order valence-electron chi connectivity index (χ2n) is 2.78. The Morgan fingerprint density at radius 2 is 2.38 bits per heavy atom. The van der Waals surface area contributed by atoms with Gasteiger partial charge in [-0.2, -0.15) is 0 Å². The van der Waals surface area contributed by atoms with E-state index in [2.05, 4.69) is 15.3 Å². The number of carboxylic acid groups (broad SMARTS) is 1. The summed E-state index contributed by atoms with van der Waals surface area (Å²) in [5.41, 5.74) is 8.03. The summed E-state index contributed by atoms with van der Waals surface area (Å²) in [5.74, 6) is -0.993. The zero-order valence-electron chi connectivity index (χ0n) is 7.77. The molecule has 0 aliphatic heterocycles. The molecule has 0 aliphatic carbocycles. The van der Waals surface area contributed by atoms with E-state index in [1.165, 1.54) is 0 Å². The minimum Gasteiger partial charge on any atom is -0.480 e. The van der Waals surface area contributed by atoms with Crippen LogP contribution in [0, 0.1) is 0 Å². The molecule has 0 saturated carbocycles. The molecular formula is C7H14N4O2. The van der Waals surface area contributed by atoms with Gasteiger partial charge in [0.05, 0.1) is 6.54 Å². The van der Waals surface area contributed by atoms with E-state index in [0.29, 0.717) is 0 Å². The average Bonchev–Trinajstić information content (AvgIpc) is 2.11. The van der Waals surface area contributed by atoms with Crippen LogP contribution >= 0.6 is 0 Å². The molecule has 6 nitrogen and oxygen atoms in total. The molecule has 0 aromatic heterocycles. The molecule has 6 heteroatoms. The van der Waals surface area contributed by atoms with Gasteiger partial charge in [-0.15, -0.1) is 0 Å². The molecular weight excluding hydrogens is 172 g/mol. The number of carbonyl (C=O) groups is 1. The summed E-state index contributed by atoms with van der Waals surface area (Å²) in [7, 11) is 0. The maximum absolute atomic E-state index is 10.6. The Kier molecular flexibility index (Phi) is 5.67. The molecule has 0 bridgehead atoms. The van der Waals surface area contributed by atoms with Gasteiger partial charge >= 0.3 is 5.97 Å². The smallest absolute Gasteiger partial charge is 0.320 e. The molecule has 0 aliphatic rings. The summed E-state index contributed by atoms with van der Waals surface area (Å²) < 4.78 is 0. The summed E-state index contributed by atoms with van der Waals surface area (Å²) >= 11 is 0. The van der Waals surface area contributed by atoms with Crippen LogP contribution in [0.2, 0.25) is 0 Å². The maximum Gasteiger partial charge on any atom is 0.320 e. The van der Waals surface area contributed by atoms with E-state index in [4.69, 9.17) is 10.6 Å². The molecule has 0 saturated heterocycles. The predicted molar refractivity (Wildman–Crippen MR) is 48.3 cm³/mol. The fourth-order valence-electron chi connectivity index (χ4n) is 0.782. The quantitative estimate of drug-likeness (QED) is 0.369. The largest absolute Gasteiger partial charge is 0.480 e. The second-order valence-corrected chi connectivity index (χ2v) is 2.78. The predicted octanol–water partition coefficient (Wildman–Crippen LogP) is 1.14. The number of nitrogens with zero attached hydrogens (tertiary/aromatic N) is 3. The van der Waals surface area contributed by atoms with Crippen molar-refractivity contribution in [2.24, 2.45) is 5.11 Å². The van der Waals surface area contributed by atoms with Crippen LogP contribution in [0.25, 0.3) is 10.4 Å². The highest BCUT2D eigenvalue weighted by Gasteiger charge is 2.17. The number of nitrogens with one attached hydrogen (secondary N) is 1. The number of rotatable bonds is 6. The van der Waals surface area contributed by atoms with Crippen LogP contribution in [0.15, 0.2) is 5.11 Å². The number of azide groups is 1. The van der Waals surface area contributed by atoms with Crippen molar-refractivity contribution >= 4 is 5.97 Å².